The van der Waals surface area contributed by atoms with Crippen LogP contribution in [0.3, 0.4) is 0 Å². The van der Waals surface area contributed by atoms with Gasteiger partial charge in [-0.1, -0.05) is 24.3 Å². The van der Waals surface area contributed by atoms with Gasteiger partial charge in [0.25, 0.3) is 5.91 Å². The summed E-state index contributed by atoms with van der Waals surface area (Å²) >= 11 is 0. The zero-order valence-electron chi connectivity index (χ0n) is 14.8. The molecule has 0 atom stereocenters. The molecule has 0 radical (unpaired) electrons. The third kappa shape index (κ3) is 2.89. The number of carbonyl (C=O) groups is 2. The summed E-state index contributed by atoms with van der Waals surface area (Å²) in [4.78, 5) is 41.8. The number of esters is 1. The Morgan fingerprint density at radius 1 is 1.07 bits per heavy atom. The Kier molecular flexibility index (Phi) is 4.24. The molecule has 1 aromatic heterocycles. The van der Waals surface area contributed by atoms with Crippen LogP contribution < -0.4 is 10.5 Å². The van der Waals surface area contributed by atoms with E-state index in [0.717, 1.165) is 12.0 Å². The number of aromatic amines is 1. The average Bonchev–Trinajstić information content (AvgIpc) is 2.71. The second kappa shape index (κ2) is 6.72. The Balaban J connectivity index is 1.84. The zero-order chi connectivity index (χ0) is 19.0. The van der Waals surface area contributed by atoms with Gasteiger partial charge in [0.2, 0.25) is 5.56 Å². The van der Waals surface area contributed by atoms with Gasteiger partial charge >= 0.3 is 5.97 Å². The first kappa shape index (κ1) is 17.0. The second-order valence-corrected chi connectivity index (χ2v) is 6.45. The highest BCUT2D eigenvalue weighted by Crippen LogP contribution is 2.32. The number of nitrogens with one attached hydrogen (secondary N) is 1. The molecule has 2 aromatic carbocycles. The van der Waals surface area contributed by atoms with Gasteiger partial charge in [-0.3, -0.25) is 9.59 Å². The Bertz CT molecular complexity index is 1120. The molecule has 0 unspecified atom stereocenters. The predicted molar refractivity (Wildman–Crippen MR) is 102 cm³/mol. The minimum atomic E-state index is -0.414. The van der Waals surface area contributed by atoms with Crippen LogP contribution in [0, 0.1) is 0 Å². The number of rotatable bonds is 2. The summed E-state index contributed by atoms with van der Waals surface area (Å²) < 4.78 is 4.87. The van der Waals surface area contributed by atoms with E-state index in [4.69, 9.17) is 4.74 Å². The van der Waals surface area contributed by atoms with Gasteiger partial charge < -0.3 is 14.6 Å². The Morgan fingerprint density at radius 2 is 1.89 bits per heavy atom. The lowest BCUT2D eigenvalue weighted by molar-refractivity contribution is 0.0599. The molecule has 0 fully saturated rings. The van der Waals surface area contributed by atoms with Crippen LogP contribution in [-0.2, 0) is 11.2 Å². The van der Waals surface area contributed by atoms with Gasteiger partial charge in [-0.05, 0) is 36.6 Å². The lowest BCUT2D eigenvalue weighted by Crippen LogP contribution is -2.36. The first-order valence-corrected chi connectivity index (χ1v) is 8.74. The number of hydrogen-bond acceptors (Lipinski definition) is 4. The number of nitrogens with zero attached hydrogens (tertiary/aromatic N) is 1. The Morgan fingerprint density at radius 3 is 2.70 bits per heavy atom. The molecule has 27 heavy (non-hydrogen) atoms. The van der Waals surface area contributed by atoms with Crippen LogP contribution in [0.4, 0.5) is 5.69 Å². The third-order valence-corrected chi connectivity index (χ3v) is 4.88. The number of hydrogen-bond donors (Lipinski definition) is 1. The van der Waals surface area contributed by atoms with Crippen LogP contribution >= 0.6 is 0 Å². The number of amides is 1. The van der Waals surface area contributed by atoms with Crippen molar-refractivity contribution >= 4 is 28.5 Å². The summed E-state index contributed by atoms with van der Waals surface area (Å²) in [6, 6.07) is 13.8. The molecule has 0 aliphatic carbocycles. The van der Waals surface area contributed by atoms with Crippen molar-refractivity contribution in [1.82, 2.24) is 4.98 Å². The van der Waals surface area contributed by atoms with Gasteiger partial charge in [-0.15, -0.1) is 0 Å². The monoisotopic (exact) mass is 362 g/mol. The third-order valence-electron chi connectivity index (χ3n) is 4.88. The van der Waals surface area contributed by atoms with E-state index in [1.807, 2.05) is 24.3 Å². The van der Waals surface area contributed by atoms with Gasteiger partial charge in [-0.25, -0.2) is 4.79 Å². The quantitative estimate of drug-likeness (QED) is 0.711. The van der Waals surface area contributed by atoms with Crippen LogP contribution in [0.25, 0.3) is 10.9 Å². The van der Waals surface area contributed by atoms with E-state index in [1.54, 1.807) is 23.1 Å². The summed E-state index contributed by atoms with van der Waals surface area (Å²) in [6.45, 7) is 0.525. The number of anilines is 1. The van der Waals surface area contributed by atoms with Gasteiger partial charge in [0, 0.05) is 29.2 Å². The predicted octanol–water partition coefficient (Wildman–Crippen LogP) is 2.91. The molecule has 2 heterocycles. The summed E-state index contributed by atoms with van der Waals surface area (Å²) in [5.74, 6) is -0.664. The highest BCUT2D eigenvalue weighted by Gasteiger charge is 2.28. The van der Waals surface area contributed by atoms with Gasteiger partial charge in [0.05, 0.1) is 18.2 Å². The van der Waals surface area contributed by atoms with E-state index in [2.05, 4.69) is 4.98 Å². The molecular formula is C21H18N2O4. The SMILES string of the molecule is COC(=O)c1cccc2c1CCCN2C(=O)c1cc(=O)[nH]c2ccccc12. The smallest absolute Gasteiger partial charge is 0.338 e. The number of benzene rings is 2. The summed E-state index contributed by atoms with van der Waals surface area (Å²) in [5.41, 5.74) is 2.62. The maximum absolute atomic E-state index is 13.3. The van der Waals surface area contributed by atoms with Crippen molar-refractivity contribution in [3.8, 4) is 0 Å². The van der Waals surface area contributed by atoms with E-state index >= 15 is 0 Å². The molecule has 4 rings (SSSR count). The second-order valence-electron chi connectivity index (χ2n) is 6.45. The minimum absolute atomic E-state index is 0.250. The summed E-state index contributed by atoms with van der Waals surface area (Å²) in [7, 11) is 1.34. The van der Waals surface area contributed by atoms with Crippen molar-refractivity contribution in [3.63, 3.8) is 0 Å². The van der Waals surface area contributed by atoms with Crippen molar-refractivity contribution in [2.24, 2.45) is 0 Å². The molecule has 1 aliphatic heterocycles. The minimum Gasteiger partial charge on any atom is -0.465 e. The largest absolute Gasteiger partial charge is 0.465 e. The molecule has 0 saturated heterocycles. The fraction of sp³-hybridized carbons (Fsp3) is 0.190. The molecule has 3 aromatic rings. The summed E-state index contributed by atoms with van der Waals surface area (Å²) in [5, 5.41) is 0.693. The van der Waals surface area contributed by atoms with Crippen LogP contribution in [0.5, 0.6) is 0 Å². The fourth-order valence-electron chi connectivity index (χ4n) is 3.66. The maximum atomic E-state index is 13.3. The lowest BCUT2D eigenvalue weighted by atomic mass is 9.95. The van der Waals surface area contributed by atoms with Crippen molar-refractivity contribution in [3.05, 3.63) is 75.6 Å². The highest BCUT2D eigenvalue weighted by molar-refractivity contribution is 6.14. The molecule has 0 saturated carbocycles. The van der Waals surface area contributed by atoms with Crippen molar-refractivity contribution in [2.45, 2.75) is 12.8 Å². The van der Waals surface area contributed by atoms with E-state index in [0.29, 0.717) is 40.7 Å². The topological polar surface area (TPSA) is 79.5 Å². The van der Waals surface area contributed by atoms with E-state index in [1.165, 1.54) is 13.2 Å². The molecule has 6 heteroatoms. The summed E-state index contributed by atoms with van der Waals surface area (Å²) in [6.07, 6.45) is 1.42. The van der Waals surface area contributed by atoms with Gasteiger partial charge in [-0.2, -0.15) is 0 Å². The fourth-order valence-corrected chi connectivity index (χ4v) is 3.66. The van der Waals surface area contributed by atoms with Gasteiger partial charge in [0.1, 0.15) is 0 Å². The molecule has 0 spiro atoms. The number of pyridine rings is 1. The normalized spacial score (nSPS) is 13.3. The number of H-pyrrole nitrogens is 1. The maximum Gasteiger partial charge on any atom is 0.338 e. The van der Waals surface area contributed by atoms with Crippen LogP contribution in [0.2, 0.25) is 0 Å². The number of para-hydroxylation sites is 1. The molecule has 1 N–H and O–H groups in total. The molecular weight excluding hydrogens is 344 g/mol. The number of ether oxygens (including phenoxy) is 1. The molecule has 1 aliphatic rings. The molecule has 0 bridgehead atoms. The van der Waals surface area contributed by atoms with Crippen molar-refractivity contribution in [1.29, 1.82) is 0 Å². The molecule has 136 valence electrons. The highest BCUT2D eigenvalue weighted by atomic mass is 16.5. The molecule has 1 amide bonds. The van der Waals surface area contributed by atoms with Crippen LogP contribution in [0.1, 0.15) is 32.7 Å². The van der Waals surface area contributed by atoms with E-state index < -0.39 is 5.97 Å². The number of aromatic nitrogens is 1. The van der Waals surface area contributed by atoms with Crippen LogP contribution in [-0.4, -0.2) is 30.5 Å². The molecule has 6 nitrogen and oxygen atoms in total. The number of methoxy groups -OCH3 is 1. The first-order valence-electron chi connectivity index (χ1n) is 8.74. The first-order chi connectivity index (χ1) is 13.1. The number of carbonyl (C=O) groups excluding carboxylic acids is 2. The Hall–Kier alpha value is -3.41. The van der Waals surface area contributed by atoms with E-state index in [-0.39, 0.29) is 11.5 Å². The lowest BCUT2D eigenvalue weighted by Gasteiger charge is -2.30. The van der Waals surface area contributed by atoms with Gasteiger partial charge in [0.15, 0.2) is 0 Å². The average molecular weight is 362 g/mol. The standard InChI is InChI=1S/C21H18N2O4/c1-27-21(26)15-7-4-10-18-14(15)8-5-11-23(18)20(25)16-12-19(24)22-17-9-3-2-6-13(16)17/h2-4,6-7,9-10,12H,5,8,11H2,1H3,(H,22,24). The zero-order valence-corrected chi connectivity index (χ0v) is 14.8. The van der Waals surface area contributed by atoms with Crippen molar-refractivity contribution in [2.75, 3.05) is 18.6 Å². The van der Waals surface area contributed by atoms with E-state index in [9.17, 15) is 14.4 Å². The van der Waals surface area contributed by atoms with Crippen LogP contribution in [0.15, 0.2) is 53.3 Å². The number of fused-ring (bicyclic) bond motifs is 2. The van der Waals surface area contributed by atoms with Crippen molar-refractivity contribution < 1.29 is 14.3 Å². The Labute approximate surface area is 155 Å².